The van der Waals surface area contributed by atoms with Gasteiger partial charge in [0.1, 0.15) is 5.69 Å². The van der Waals surface area contributed by atoms with Crippen molar-refractivity contribution in [3.05, 3.63) is 11.1 Å². The van der Waals surface area contributed by atoms with Gasteiger partial charge < -0.3 is 11.1 Å². The summed E-state index contributed by atoms with van der Waals surface area (Å²) < 4.78 is 0. The summed E-state index contributed by atoms with van der Waals surface area (Å²) in [4.78, 5) is 29.8. The second kappa shape index (κ2) is 5.81. The molecule has 0 atom stereocenters. The molecule has 1 aromatic rings. The summed E-state index contributed by atoms with van der Waals surface area (Å²) in [5.74, 6) is 0. The van der Waals surface area contributed by atoms with Crippen molar-refractivity contribution in [2.24, 2.45) is 5.16 Å². The van der Waals surface area contributed by atoms with Gasteiger partial charge >= 0.3 is 6.09 Å². The molecule has 0 unspecified atom stereocenters. The number of thiazole rings is 1. The molecular weight excluding hydrogens is 232 g/mol. The fourth-order valence-electron chi connectivity index (χ4n) is 0.801. The van der Waals surface area contributed by atoms with E-state index in [4.69, 9.17) is 5.73 Å². The van der Waals surface area contributed by atoms with Crippen LogP contribution in [0.2, 0.25) is 0 Å². The van der Waals surface area contributed by atoms with Crippen LogP contribution < -0.4 is 11.1 Å². The third-order valence-corrected chi connectivity index (χ3v) is 2.12. The van der Waals surface area contributed by atoms with Gasteiger partial charge in [-0.05, 0) is 6.92 Å². The fraction of sp³-hybridized carbons (Fsp3) is 0.250. The lowest BCUT2D eigenvalue weighted by Crippen LogP contribution is -2.22. The van der Waals surface area contributed by atoms with Crippen LogP contribution in [0.25, 0.3) is 0 Å². The van der Waals surface area contributed by atoms with Gasteiger partial charge in [0.15, 0.2) is 17.1 Å². The number of nitrogens with two attached hydrogens (primary N) is 1. The number of hydrogen-bond donors (Lipinski definition) is 2. The molecule has 1 aromatic heterocycles. The van der Waals surface area contributed by atoms with Crippen molar-refractivity contribution in [1.29, 1.82) is 0 Å². The van der Waals surface area contributed by atoms with Crippen molar-refractivity contribution >= 4 is 34.6 Å². The molecule has 16 heavy (non-hydrogen) atoms. The first-order valence-electron chi connectivity index (χ1n) is 4.36. The quantitative estimate of drug-likeness (QED) is 0.343. The van der Waals surface area contributed by atoms with E-state index in [2.05, 4.69) is 20.3 Å². The van der Waals surface area contributed by atoms with Crippen LogP contribution in [0.15, 0.2) is 10.5 Å². The molecule has 1 amide bonds. The molecular formula is C8H10N4O3S. The molecule has 1 rings (SSSR count). The van der Waals surface area contributed by atoms with Crippen molar-refractivity contribution in [3.8, 4) is 0 Å². The number of amides is 1. The van der Waals surface area contributed by atoms with E-state index < -0.39 is 6.09 Å². The van der Waals surface area contributed by atoms with E-state index in [-0.39, 0.29) is 11.4 Å². The topological polar surface area (TPSA) is 107 Å². The zero-order valence-electron chi connectivity index (χ0n) is 8.47. The second-order valence-electron chi connectivity index (χ2n) is 2.57. The summed E-state index contributed by atoms with van der Waals surface area (Å²) in [6.45, 7) is 2.14. The Morgan fingerprint density at radius 3 is 3.06 bits per heavy atom. The van der Waals surface area contributed by atoms with Crippen LogP contribution in [0.3, 0.4) is 0 Å². The van der Waals surface area contributed by atoms with Gasteiger partial charge in [-0.15, -0.1) is 11.3 Å². The predicted octanol–water partition coefficient (Wildman–Crippen LogP) is 0.374. The highest BCUT2D eigenvalue weighted by molar-refractivity contribution is 7.13. The van der Waals surface area contributed by atoms with Crippen molar-refractivity contribution < 1.29 is 14.4 Å². The smallest absolute Gasteiger partial charge is 0.375 e. The third-order valence-electron chi connectivity index (χ3n) is 1.44. The zero-order chi connectivity index (χ0) is 12.0. The molecule has 0 saturated heterocycles. The molecule has 0 fully saturated rings. The third kappa shape index (κ3) is 3.31. The Bertz CT molecular complexity index is 415. The summed E-state index contributed by atoms with van der Waals surface area (Å²) in [5, 5.41) is 7.58. The lowest BCUT2D eigenvalue weighted by Gasteiger charge is -1.98. The Hall–Kier alpha value is -1.96. The molecule has 1 heterocycles. The molecule has 0 aliphatic heterocycles. The number of carbonyl (C=O) groups is 2. The van der Waals surface area contributed by atoms with Crippen molar-refractivity contribution in [2.45, 2.75) is 6.92 Å². The van der Waals surface area contributed by atoms with Crippen LogP contribution in [0, 0.1) is 0 Å². The first kappa shape index (κ1) is 12.1. The Balaban J connectivity index is 2.71. The Morgan fingerprint density at radius 2 is 2.56 bits per heavy atom. The fourth-order valence-corrected chi connectivity index (χ4v) is 1.36. The van der Waals surface area contributed by atoms with Gasteiger partial charge in [0.25, 0.3) is 0 Å². The lowest BCUT2D eigenvalue weighted by molar-refractivity contribution is -0.102. The predicted molar refractivity (Wildman–Crippen MR) is 59.3 cm³/mol. The van der Waals surface area contributed by atoms with Gasteiger partial charge in [-0.1, -0.05) is 5.16 Å². The Labute approximate surface area is 95.3 Å². The van der Waals surface area contributed by atoms with E-state index in [0.29, 0.717) is 18.0 Å². The van der Waals surface area contributed by atoms with Crippen molar-refractivity contribution in [2.75, 3.05) is 12.3 Å². The number of aldehydes is 1. The monoisotopic (exact) mass is 242 g/mol. The average Bonchev–Trinajstić information content (AvgIpc) is 2.66. The Morgan fingerprint density at radius 1 is 1.81 bits per heavy atom. The van der Waals surface area contributed by atoms with Gasteiger partial charge in [-0.2, -0.15) is 0 Å². The molecule has 0 spiro atoms. The zero-order valence-corrected chi connectivity index (χ0v) is 9.28. The lowest BCUT2D eigenvalue weighted by atomic mass is 10.3. The van der Waals surface area contributed by atoms with E-state index >= 15 is 0 Å². The van der Waals surface area contributed by atoms with E-state index in [1.54, 1.807) is 12.3 Å². The SMILES string of the molecule is CCNC(=O)ON=C(C=O)c1csc(N)n1. The number of carbonyl (C=O) groups excluding carboxylic acids is 2. The highest BCUT2D eigenvalue weighted by Gasteiger charge is 2.08. The molecule has 0 saturated carbocycles. The first-order chi connectivity index (χ1) is 7.67. The second-order valence-corrected chi connectivity index (χ2v) is 3.46. The molecule has 0 aliphatic rings. The van der Waals surface area contributed by atoms with Crippen LogP contribution in [0.4, 0.5) is 9.93 Å². The summed E-state index contributed by atoms with van der Waals surface area (Å²) >= 11 is 1.16. The molecule has 86 valence electrons. The van der Waals surface area contributed by atoms with Gasteiger partial charge in [-0.3, -0.25) is 9.63 Å². The summed E-state index contributed by atoms with van der Waals surface area (Å²) in [6.07, 6.45) is -0.293. The maximum atomic E-state index is 10.9. The summed E-state index contributed by atoms with van der Waals surface area (Å²) in [5.41, 5.74) is 5.59. The minimum atomic E-state index is -0.731. The first-order valence-corrected chi connectivity index (χ1v) is 5.24. The molecule has 8 heteroatoms. The number of nitrogen functional groups attached to an aromatic ring is 1. The van der Waals surface area contributed by atoms with Gasteiger partial charge in [0.2, 0.25) is 0 Å². The molecule has 7 nitrogen and oxygen atoms in total. The maximum absolute atomic E-state index is 10.9. The van der Waals surface area contributed by atoms with E-state index in [1.807, 2.05) is 0 Å². The standard InChI is InChI=1S/C8H10N4O3S/c1-2-10-8(14)15-12-5(3-13)6-4-16-7(9)11-6/h3-4H,2H2,1H3,(H2,9,11)(H,10,14). The number of rotatable bonds is 4. The number of hydrogen-bond acceptors (Lipinski definition) is 7. The van der Waals surface area contributed by atoms with Crippen LogP contribution >= 0.6 is 11.3 Å². The molecule has 0 aliphatic carbocycles. The number of oxime groups is 1. The Kier molecular flexibility index (Phi) is 4.40. The molecule has 3 N–H and O–H groups in total. The highest BCUT2D eigenvalue weighted by atomic mass is 32.1. The summed E-state index contributed by atoms with van der Waals surface area (Å²) in [7, 11) is 0. The molecule has 0 radical (unpaired) electrons. The molecule has 0 aromatic carbocycles. The number of nitrogens with zero attached hydrogens (tertiary/aromatic N) is 2. The minimum Gasteiger partial charge on any atom is -0.375 e. The average molecular weight is 242 g/mol. The summed E-state index contributed by atoms with van der Waals surface area (Å²) in [6, 6.07) is 0. The van der Waals surface area contributed by atoms with E-state index in [1.165, 1.54) is 0 Å². The van der Waals surface area contributed by atoms with E-state index in [0.717, 1.165) is 11.3 Å². The number of aromatic nitrogens is 1. The van der Waals surface area contributed by atoms with Gasteiger partial charge in [-0.25, -0.2) is 9.78 Å². The maximum Gasteiger partial charge on any atom is 0.433 e. The van der Waals surface area contributed by atoms with Gasteiger partial charge in [0, 0.05) is 11.9 Å². The number of anilines is 1. The highest BCUT2D eigenvalue weighted by Crippen LogP contribution is 2.11. The normalized spacial score (nSPS) is 10.9. The minimum absolute atomic E-state index is 0.0841. The van der Waals surface area contributed by atoms with Crippen molar-refractivity contribution in [3.63, 3.8) is 0 Å². The largest absolute Gasteiger partial charge is 0.433 e. The van der Waals surface area contributed by atoms with Crippen LogP contribution in [0.1, 0.15) is 12.6 Å². The van der Waals surface area contributed by atoms with Crippen LogP contribution in [-0.2, 0) is 9.63 Å². The number of nitrogens with one attached hydrogen (secondary N) is 1. The van der Waals surface area contributed by atoms with Crippen molar-refractivity contribution in [1.82, 2.24) is 10.3 Å². The van der Waals surface area contributed by atoms with Gasteiger partial charge in [0.05, 0.1) is 0 Å². The van der Waals surface area contributed by atoms with Crippen LogP contribution in [0.5, 0.6) is 0 Å². The van der Waals surface area contributed by atoms with E-state index in [9.17, 15) is 9.59 Å². The van der Waals surface area contributed by atoms with Crippen LogP contribution in [-0.4, -0.2) is 29.6 Å². The molecule has 0 bridgehead atoms.